The number of hydrogen-bond donors (Lipinski definition) is 1. The molecule has 1 aliphatic heterocycles. The third-order valence-electron chi connectivity index (χ3n) is 3.24. The van der Waals surface area contributed by atoms with Crippen molar-refractivity contribution in [1.82, 2.24) is 4.98 Å². The second kappa shape index (κ2) is 4.87. The normalized spacial score (nSPS) is 18.6. The molecule has 2 N–H and O–H groups in total. The van der Waals surface area contributed by atoms with Gasteiger partial charge in [-0.05, 0) is 36.8 Å². The lowest BCUT2D eigenvalue weighted by molar-refractivity contribution is 0.821. The molecule has 0 spiro atoms. The van der Waals surface area contributed by atoms with Crippen LogP contribution < -0.4 is 5.73 Å². The van der Waals surface area contributed by atoms with Gasteiger partial charge < -0.3 is 5.73 Å². The van der Waals surface area contributed by atoms with E-state index in [-0.39, 0.29) is 0 Å². The summed E-state index contributed by atoms with van der Waals surface area (Å²) in [5, 5.41) is 12.7. The van der Waals surface area contributed by atoms with E-state index in [1.165, 1.54) is 16.9 Å². The van der Waals surface area contributed by atoms with Crippen LogP contribution in [-0.4, -0.2) is 4.98 Å². The van der Waals surface area contributed by atoms with E-state index in [0.717, 1.165) is 28.8 Å². The van der Waals surface area contributed by atoms with Crippen LogP contribution in [0, 0.1) is 18.3 Å². The van der Waals surface area contributed by atoms with Crippen LogP contribution >= 0.6 is 23.1 Å². The quantitative estimate of drug-likeness (QED) is 0.856. The Bertz CT molecular complexity index is 710. The van der Waals surface area contributed by atoms with E-state index in [1.807, 2.05) is 18.7 Å². The topological polar surface area (TPSA) is 62.7 Å². The molecule has 0 aliphatic carbocycles. The summed E-state index contributed by atoms with van der Waals surface area (Å²) in [5.41, 5.74) is 8.94. The number of nitrogens with zero attached hydrogens (tertiary/aromatic N) is 2. The Labute approximate surface area is 120 Å². The van der Waals surface area contributed by atoms with Crippen molar-refractivity contribution in [2.24, 2.45) is 0 Å². The molecule has 0 aromatic carbocycles. The number of rotatable bonds is 1. The minimum absolute atomic E-state index is 0.414. The van der Waals surface area contributed by atoms with Gasteiger partial charge >= 0.3 is 0 Å². The Morgan fingerprint density at radius 3 is 3.05 bits per heavy atom. The lowest BCUT2D eigenvalue weighted by atomic mass is 10.0. The molecule has 0 bridgehead atoms. The fourth-order valence-corrected chi connectivity index (χ4v) is 4.39. The largest absolute Gasteiger partial charge is 0.396 e. The summed E-state index contributed by atoms with van der Waals surface area (Å²) < 4.78 is 0. The highest BCUT2D eigenvalue weighted by atomic mass is 32.2. The highest BCUT2D eigenvalue weighted by Gasteiger charge is 2.21. The molecule has 0 amide bonds. The van der Waals surface area contributed by atoms with E-state index >= 15 is 0 Å². The number of allylic oxidation sites excluding steroid dienone is 1. The molecule has 1 unspecified atom stereocenters. The van der Waals surface area contributed by atoms with Gasteiger partial charge in [-0.1, -0.05) is 6.08 Å². The predicted molar refractivity (Wildman–Crippen MR) is 82.2 cm³/mol. The number of nitrogens with two attached hydrogens (primary N) is 1. The minimum atomic E-state index is 0.414. The van der Waals surface area contributed by atoms with E-state index < -0.39 is 0 Å². The van der Waals surface area contributed by atoms with Crippen molar-refractivity contribution in [2.75, 3.05) is 5.73 Å². The van der Waals surface area contributed by atoms with Gasteiger partial charge in [0.05, 0.1) is 5.69 Å². The summed E-state index contributed by atoms with van der Waals surface area (Å²) in [6.45, 7) is 1.99. The predicted octanol–water partition coefficient (Wildman–Crippen LogP) is 4.14. The zero-order valence-corrected chi connectivity index (χ0v) is 12.1. The first kappa shape index (κ1) is 12.5. The first-order valence-corrected chi connectivity index (χ1v) is 7.86. The zero-order valence-electron chi connectivity index (χ0n) is 10.5. The summed E-state index contributed by atoms with van der Waals surface area (Å²) >= 11 is 3.21. The third kappa shape index (κ3) is 2.11. The Morgan fingerprint density at radius 2 is 2.37 bits per heavy atom. The Morgan fingerprint density at radius 1 is 1.53 bits per heavy atom. The molecule has 0 saturated carbocycles. The molecular weight excluding hydrogens is 274 g/mol. The third-order valence-corrected chi connectivity index (χ3v) is 5.41. The van der Waals surface area contributed by atoms with Crippen LogP contribution in [0.4, 0.5) is 5.69 Å². The second-order valence-electron chi connectivity index (χ2n) is 4.56. The van der Waals surface area contributed by atoms with E-state index in [0.29, 0.717) is 15.8 Å². The van der Waals surface area contributed by atoms with Gasteiger partial charge in [-0.25, -0.2) is 4.98 Å². The summed E-state index contributed by atoms with van der Waals surface area (Å²) in [6, 6.07) is 4.28. The highest BCUT2D eigenvalue weighted by Crippen LogP contribution is 2.44. The van der Waals surface area contributed by atoms with Crippen LogP contribution in [0.2, 0.25) is 0 Å². The molecule has 2 aromatic heterocycles. The Balaban J connectivity index is 2.25. The SMILES string of the molecule is Cc1cc(C2CCC=CS2)c2c(N)c(C#N)sc2n1. The maximum absolute atomic E-state index is 9.13. The summed E-state index contributed by atoms with van der Waals surface area (Å²) in [4.78, 5) is 5.98. The molecule has 2 aromatic rings. The first-order valence-electron chi connectivity index (χ1n) is 6.11. The molecule has 5 heteroatoms. The number of fused-ring (bicyclic) bond motifs is 1. The number of nitrogen functional groups attached to an aromatic ring is 1. The van der Waals surface area contributed by atoms with Gasteiger partial charge in [0.25, 0.3) is 0 Å². The Kier molecular flexibility index (Phi) is 3.21. The second-order valence-corrected chi connectivity index (χ2v) is 6.68. The molecular formula is C14H13N3S2. The van der Waals surface area contributed by atoms with Crippen LogP contribution in [0.1, 0.15) is 34.2 Å². The van der Waals surface area contributed by atoms with E-state index in [4.69, 9.17) is 11.0 Å². The van der Waals surface area contributed by atoms with Crippen molar-refractivity contribution in [3.8, 4) is 6.07 Å². The lowest BCUT2D eigenvalue weighted by Crippen LogP contribution is -2.00. The van der Waals surface area contributed by atoms with Crippen LogP contribution in [-0.2, 0) is 0 Å². The van der Waals surface area contributed by atoms with Crippen LogP contribution in [0.3, 0.4) is 0 Å². The van der Waals surface area contributed by atoms with Crippen molar-refractivity contribution in [3.05, 3.63) is 33.7 Å². The monoisotopic (exact) mass is 287 g/mol. The molecule has 0 radical (unpaired) electrons. The van der Waals surface area contributed by atoms with Gasteiger partial charge in [0.2, 0.25) is 0 Å². The molecule has 19 heavy (non-hydrogen) atoms. The standard InChI is InChI=1S/C14H13N3S2/c1-8-6-9(10-4-2-3-5-18-10)12-13(16)11(7-15)19-14(12)17-8/h3,5-6,10H,2,4,16H2,1H3. The number of thioether (sulfide) groups is 1. The van der Waals surface area contributed by atoms with Crippen LogP contribution in [0.15, 0.2) is 17.6 Å². The van der Waals surface area contributed by atoms with Gasteiger partial charge in [-0.15, -0.1) is 23.1 Å². The van der Waals surface area contributed by atoms with Gasteiger partial charge in [-0.2, -0.15) is 5.26 Å². The molecule has 3 nitrogen and oxygen atoms in total. The number of pyridine rings is 1. The van der Waals surface area contributed by atoms with E-state index in [1.54, 1.807) is 0 Å². The van der Waals surface area contributed by atoms with Gasteiger partial charge in [0.1, 0.15) is 15.8 Å². The molecule has 3 heterocycles. The van der Waals surface area contributed by atoms with Crippen molar-refractivity contribution >= 4 is 39.0 Å². The van der Waals surface area contributed by atoms with E-state index in [2.05, 4.69) is 28.6 Å². The zero-order chi connectivity index (χ0) is 13.4. The number of thiophene rings is 1. The van der Waals surface area contributed by atoms with Gasteiger partial charge in [0, 0.05) is 16.3 Å². The van der Waals surface area contributed by atoms with Gasteiger partial charge in [-0.3, -0.25) is 0 Å². The molecule has 0 saturated heterocycles. The number of nitriles is 1. The number of anilines is 1. The maximum atomic E-state index is 9.13. The molecule has 1 atom stereocenters. The average molecular weight is 287 g/mol. The summed E-state index contributed by atoms with van der Waals surface area (Å²) in [6.07, 6.45) is 4.40. The van der Waals surface area contributed by atoms with Crippen molar-refractivity contribution in [3.63, 3.8) is 0 Å². The maximum Gasteiger partial charge on any atom is 0.130 e. The van der Waals surface area contributed by atoms with Crippen LogP contribution in [0.5, 0.6) is 0 Å². The molecule has 1 aliphatic rings. The summed E-state index contributed by atoms with van der Waals surface area (Å²) in [7, 11) is 0. The van der Waals surface area contributed by atoms with Gasteiger partial charge in [0.15, 0.2) is 0 Å². The average Bonchev–Trinajstić information content (AvgIpc) is 2.75. The Hall–Kier alpha value is -1.51. The fourth-order valence-electron chi connectivity index (χ4n) is 2.38. The number of aromatic nitrogens is 1. The smallest absolute Gasteiger partial charge is 0.130 e. The highest BCUT2D eigenvalue weighted by molar-refractivity contribution is 8.02. The first-order chi connectivity index (χ1) is 9.20. The van der Waals surface area contributed by atoms with Crippen molar-refractivity contribution < 1.29 is 0 Å². The van der Waals surface area contributed by atoms with E-state index in [9.17, 15) is 0 Å². The fraction of sp³-hybridized carbons (Fsp3) is 0.286. The number of aryl methyl sites for hydroxylation is 1. The molecule has 3 rings (SSSR count). The number of hydrogen-bond acceptors (Lipinski definition) is 5. The lowest BCUT2D eigenvalue weighted by Gasteiger charge is -2.19. The minimum Gasteiger partial charge on any atom is -0.396 e. The van der Waals surface area contributed by atoms with Crippen molar-refractivity contribution in [2.45, 2.75) is 25.0 Å². The molecule has 0 fully saturated rings. The van der Waals surface area contributed by atoms with Crippen molar-refractivity contribution in [1.29, 1.82) is 5.26 Å². The molecule has 96 valence electrons. The van der Waals surface area contributed by atoms with Crippen LogP contribution in [0.25, 0.3) is 10.2 Å². The summed E-state index contributed by atoms with van der Waals surface area (Å²) in [5.74, 6) is 0.